The van der Waals surface area contributed by atoms with Crippen LogP contribution >= 0.6 is 11.3 Å². The second-order valence-electron chi connectivity index (χ2n) is 7.25. The lowest BCUT2D eigenvalue weighted by Gasteiger charge is -2.24. The summed E-state index contributed by atoms with van der Waals surface area (Å²) < 4.78 is 15.1. The highest BCUT2D eigenvalue weighted by Crippen LogP contribution is 2.34. The maximum absolute atomic E-state index is 13.4. The molecule has 3 aromatic rings. The molecule has 144 valence electrons. The number of benzene rings is 1. The minimum Gasteiger partial charge on any atom is -0.369 e. The number of nitrogens with zero attached hydrogens (tertiary/aromatic N) is 5. The fourth-order valence-corrected chi connectivity index (χ4v) is 4.88. The molecule has 1 saturated heterocycles. The Hall–Kier alpha value is -2.74. The highest BCUT2D eigenvalue weighted by atomic mass is 32.1. The van der Waals surface area contributed by atoms with E-state index >= 15 is 0 Å². The molecule has 0 saturated carbocycles. The lowest BCUT2D eigenvalue weighted by atomic mass is 10.1. The fraction of sp³-hybridized carbons (Fsp3) is 0.350. The average Bonchev–Trinajstić information content (AvgIpc) is 3.42. The predicted molar refractivity (Wildman–Crippen MR) is 108 cm³/mol. The number of halogens is 1. The fourth-order valence-electron chi connectivity index (χ4n) is 3.81. The number of carbonyl (C=O) groups is 1. The summed E-state index contributed by atoms with van der Waals surface area (Å²) in [5, 5.41) is 5.01. The summed E-state index contributed by atoms with van der Waals surface area (Å²) in [5.41, 5.74) is 3.70. The van der Waals surface area contributed by atoms with E-state index in [1.54, 1.807) is 15.8 Å². The molecule has 2 aliphatic heterocycles. The summed E-state index contributed by atoms with van der Waals surface area (Å²) >= 11 is 1.44. The van der Waals surface area contributed by atoms with Gasteiger partial charge in [0, 0.05) is 50.6 Å². The topological polar surface area (TPSA) is 54.3 Å². The van der Waals surface area contributed by atoms with Gasteiger partial charge in [0.05, 0.1) is 17.6 Å². The number of hydrogen-bond acceptors (Lipinski definition) is 5. The van der Waals surface area contributed by atoms with Crippen LogP contribution in [-0.2, 0) is 13.5 Å². The first-order valence-electron chi connectivity index (χ1n) is 9.38. The van der Waals surface area contributed by atoms with Crippen molar-refractivity contribution < 1.29 is 9.18 Å². The Morgan fingerprint density at radius 3 is 2.68 bits per heavy atom. The molecule has 0 N–H and O–H groups in total. The lowest BCUT2D eigenvalue weighted by Crippen LogP contribution is -2.36. The highest BCUT2D eigenvalue weighted by molar-refractivity contribution is 7.17. The second kappa shape index (κ2) is 6.70. The number of thiazole rings is 1. The second-order valence-corrected chi connectivity index (χ2v) is 8.25. The van der Waals surface area contributed by atoms with E-state index in [0.29, 0.717) is 24.4 Å². The molecule has 2 aromatic heterocycles. The van der Waals surface area contributed by atoms with Crippen molar-refractivity contribution in [2.24, 2.45) is 7.05 Å². The molecule has 8 heteroatoms. The molecule has 5 rings (SSSR count). The number of hydrogen-bond donors (Lipinski definition) is 0. The van der Waals surface area contributed by atoms with Crippen LogP contribution in [0.3, 0.4) is 0 Å². The minimum absolute atomic E-state index is 0.0133. The van der Waals surface area contributed by atoms with Gasteiger partial charge < -0.3 is 9.80 Å². The Labute approximate surface area is 166 Å². The third-order valence-corrected chi connectivity index (χ3v) is 6.46. The van der Waals surface area contributed by atoms with Gasteiger partial charge in [-0.3, -0.25) is 9.48 Å². The van der Waals surface area contributed by atoms with Crippen LogP contribution < -0.4 is 9.80 Å². The molecular weight excluding hydrogens is 377 g/mol. The summed E-state index contributed by atoms with van der Waals surface area (Å²) in [5.74, 6) is -0.0133. The normalized spacial score (nSPS) is 19.4. The maximum atomic E-state index is 13.4. The van der Waals surface area contributed by atoms with Gasteiger partial charge in [-0.25, -0.2) is 9.37 Å². The van der Waals surface area contributed by atoms with Crippen LogP contribution in [0.5, 0.6) is 0 Å². The number of carbonyl (C=O) groups excluding carboxylic acids is 1. The average molecular weight is 397 g/mol. The number of amides is 1. The number of fused-ring (bicyclic) bond motifs is 1. The van der Waals surface area contributed by atoms with E-state index in [0.717, 1.165) is 40.6 Å². The van der Waals surface area contributed by atoms with Crippen LogP contribution in [0.25, 0.3) is 10.6 Å². The SMILES string of the molecule is Cn1cc(N2CCc3nc(-c4ccc(N5CCC(F)C5)cc4)sc3C2=O)cn1. The standard InChI is InChI=1S/C20H20FN5OS/c1-24-12-16(10-22-24)26-9-7-17-18(20(26)27)28-19(23-17)13-2-4-15(5-3-13)25-8-6-14(21)11-25/h2-5,10,12,14H,6-9,11H2,1H3. The number of aromatic nitrogens is 3. The van der Waals surface area contributed by atoms with Crippen LogP contribution in [0.1, 0.15) is 21.8 Å². The number of alkyl halides is 1. The molecule has 1 aromatic carbocycles. The molecule has 1 fully saturated rings. The van der Waals surface area contributed by atoms with Gasteiger partial charge in [-0.2, -0.15) is 5.10 Å². The van der Waals surface area contributed by atoms with Crippen molar-refractivity contribution in [1.29, 1.82) is 0 Å². The van der Waals surface area contributed by atoms with Crippen molar-refractivity contribution in [2.45, 2.75) is 19.0 Å². The molecule has 0 spiro atoms. The van der Waals surface area contributed by atoms with E-state index in [1.807, 2.05) is 37.5 Å². The molecule has 28 heavy (non-hydrogen) atoms. The summed E-state index contributed by atoms with van der Waals surface area (Å²) in [6.45, 7) is 1.83. The van der Waals surface area contributed by atoms with Gasteiger partial charge in [-0.1, -0.05) is 0 Å². The van der Waals surface area contributed by atoms with Crippen molar-refractivity contribution in [3.8, 4) is 10.6 Å². The van der Waals surface area contributed by atoms with Gasteiger partial charge in [-0.05, 0) is 30.7 Å². The Bertz CT molecular complexity index is 1030. The Morgan fingerprint density at radius 2 is 2.00 bits per heavy atom. The summed E-state index contributed by atoms with van der Waals surface area (Å²) in [4.78, 5) is 22.2. The van der Waals surface area contributed by atoms with Gasteiger partial charge in [-0.15, -0.1) is 11.3 Å². The molecular formula is C20H20FN5OS. The van der Waals surface area contributed by atoms with E-state index in [2.05, 4.69) is 10.00 Å². The van der Waals surface area contributed by atoms with Crippen molar-refractivity contribution in [3.63, 3.8) is 0 Å². The van der Waals surface area contributed by atoms with Gasteiger partial charge in [0.25, 0.3) is 5.91 Å². The zero-order valence-electron chi connectivity index (χ0n) is 15.5. The molecule has 2 aliphatic rings. The molecule has 1 unspecified atom stereocenters. The third-order valence-electron chi connectivity index (χ3n) is 5.32. The molecule has 0 radical (unpaired) electrons. The summed E-state index contributed by atoms with van der Waals surface area (Å²) in [6, 6.07) is 8.04. The number of anilines is 2. The Kier molecular flexibility index (Phi) is 4.16. The number of aryl methyl sites for hydroxylation is 1. The first-order chi connectivity index (χ1) is 13.6. The summed E-state index contributed by atoms with van der Waals surface area (Å²) in [7, 11) is 1.84. The third kappa shape index (κ3) is 2.97. The first-order valence-corrected chi connectivity index (χ1v) is 10.2. The molecule has 1 atom stereocenters. The molecule has 4 heterocycles. The smallest absolute Gasteiger partial charge is 0.270 e. The Balaban J connectivity index is 1.39. The highest BCUT2D eigenvalue weighted by Gasteiger charge is 2.30. The molecule has 6 nitrogen and oxygen atoms in total. The maximum Gasteiger partial charge on any atom is 0.270 e. The monoisotopic (exact) mass is 397 g/mol. The van der Waals surface area contributed by atoms with E-state index in [-0.39, 0.29) is 5.91 Å². The summed E-state index contributed by atoms with van der Waals surface area (Å²) in [6.07, 6.45) is 4.15. The van der Waals surface area contributed by atoms with Crippen molar-refractivity contribution in [2.75, 3.05) is 29.4 Å². The quantitative estimate of drug-likeness (QED) is 0.681. The van der Waals surface area contributed by atoms with E-state index in [9.17, 15) is 9.18 Å². The van der Waals surface area contributed by atoms with Crippen molar-refractivity contribution in [1.82, 2.24) is 14.8 Å². The molecule has 0 aliphatic carbocycles. The Morgan fingerprint density at radius 1 is 1.18 bits per heavy atom. The van der Waals surface area contributed by atoms with Crippen molar-refractivity contribution in [3.05, 3.63) is 47.2 Å². The minimum atomic E-state index is -0.737. The zero-order valence-corrected chi connectivity index (χ0v) is 16.3. The first kappa shape index (κ1) is 17.4. The van der Waals surface area contributed by atoms with Crippen molar-refractivity contribution >= 4 is 28.6 Å². The van der Waals surface area contributed by atoms with Crippen LogP contribution in [0.4, 0.5) is 15.8 Å². The van der Waals surface area contributed by atoms with E-state index < -0.39 is 6.17 Å². The number of rotatable bonds is 3. The van der Waals surface area contributed by atoms with Gasteiger partial charge in [0.1, 0.15) is 16.1 Å². The van der Waals surface area contributed by atoms with Crippen LogP contribution in [-0.4, -0.2) is 46.5 Å². The van der Waals surface area contributed by atoms with Gasteiger partial charge in [0.15, 0.2) is 0 Å². The van der Waals surface area contributed by atoms with Crippen LogP contribution in [0.2, 0.25) is 0 Å². The molecule has 1 amide bonds. The molecule has 0 bridgehead atoms. The largest absolute Gasteiger partial charge is 0.369 e. The lowest BCUT2D eigenvalue weighted by molar-refractivity contribution is 0.0984. The predicted octanol–water partition coefficient (Wildman–Crippen LogP) is 3.29. The van der Waals surface area contributed by atoms with E-state index in [4.69, 9.17) is 4.98 Å². The van der Waals surface area contributed by atoms with Gasteiger partial charge >= 0.3 is 0 Å². The van der Waals surface area contributed by atoms with Gasteiger partial charge in [0.2, 0.25) is 0 Å². The van der Waals surface area contributed by atoms with Crippen LogP contribution in [0.15, 0.2) is 36.7 Å². The van der Waals surface area contributed by atoms with Crippen LogP contribution in [0, 0.1) is 0 Å². The van der Waals surface area contributed by atoms with E-state index in [1.165, 1.54) is 11.3 Å². The zero-order chi connectivity index (χ0) is 19.3.